The Morgan fingerprint density at radius 3 is 2.75 bits per heavy atom. The molecule has 0 radical (unpaired) electrons. The van der Waals surface area contributed by atoms with E-state index in [9.17, 15) is 0 Å². The number of halogens is 1. The summed E-state index contributed by atoms with van der Waals surface area (Å²) in [4.78, 5) is 0. The molecule has 0 fully saturated rings. The van der Waals surface area contributed by atoms with Crippen molar-refractivity contribution in [1.29, 1.82) is 0 Å². The number of fused-ring (bicyclic) bond motifs is 3. The van der Waals surface area contributed by atoms with E-state index < -0.39 is 0 Å². The molecule has 0 aliphatic heterocycles. The second-order valence-electron chi connectivity index (χ2n) is 4.17. The minimum atomic E-state index is 0.461. The topological polar surface area (TPSA) is 4.93 Å². The van der Waals surface area contributed by atoms with Crippen LogP contribution in [0.25, 0.3) is 23.1 Å². The van der Waals surface area contributed by atoms with Crippen molar-refractivity contribution < 1.29 is 0 Å². The van der Waals surface area contributed by atoms with E-state index in [2.05, 4.69) is 37.3 Å². The summed E-state index contributed by atoms with van der Waals surface area (Å²) in [6, 6.07) is 8.21. The maximum atomic E-state index is 6.33. The lowest BCUT2D eigenvalue weighted by molar-refractivity contribution is 0.953. The quantitative estimate of drug-likeness (QED) is 0.634. The zero-order valence-corrected chi connectivity index (χ0v) is 9.78. The first kappa shape index (κ1) is 9.73. The fraction of sp³-hybridized carbons (Fsp3) is 0.143. The van der Waals surface area contributed by atoms with E-state index in [1.807, 2.05) is 18.2 Å². The Morgan fingerprint density at radius 1 is 1.12 bits per heavy atom. The minimum absolute atomic E-state index is 0.461. The fourth-order valence-corrected chi connectivity index (χ4v) is 2.43. The molecule has 1 aliphatic carbocycles. The number of benzene rings is 1. The van der Waals surface area contributed by atoms with E-state index in [1.54, 1.807) is 4.09 Å². The lowest BCUT2D eigenvalue weighted by Gasteiger charge is -1.96. The predicted molar refractivity (Wildman–Crippen MR) is 70.4 cm³/mol. The maximum Gasteiger partial charge on any atom is 0.0660 e. The molecule has 1 atom stereocenters. The molecule has 0 saturated heterocycles. The van der Waals surface area contributed by atoms with Crippen LogP contribution in [-0.4, -0.2) is 4.09 Å². The fourth-order valence-electron chi connectivity index (χ4n) is 2.13. The van der Waals surface area contributed by atoms with Gasteiger partial charge in [-0.3, -0.25) is 4.09 Å². The van der Waals surface area contributed by atoms with Crippen molar-refractivity contribution in [2.75, 3.05) is 0 Å². The summed E-state index contributed by atoms with van der Waals surface area (Å²) in [5, 5.41) is 1.21. The van der Waals surface area contributed by atoms with Crippen LogP contribution in [0.15, 0.2) is 36.4 Å². The zero-order chi connectivity index (χ0) is 11.1. The van der Waals surface area contributed by atoms with Crippen LogP contribution in [0.5, 0.6) is 0 Å². The zero-order valence-electron chi connectivity index (χ0n) is 9.02. The van der Waals surface area contributed by atoms with Gasteiger partial charge < -0.3 is 0 Å². The standard InChI is InChI=1S/C14H12ClN/c1-10-6-8-12-11-4-2-3-5-13(11)16(15)14(12)9-7-10/h2-10H,1H3. The molecular formula is C14H12ClN. The third kappa shape index (κ3) is 1.32. The van der Waals surface area contributed by atoms with E-state index >= 15 is 0 Å². The Kier molecular flexibility index (Phi) is 2.15. The van der Waals surface area contributed by atoms with Crippen molar-refractivity contribution in [3.8, 4) is 0 Å². The lowest BCUT2D eigenvalue weighted by Crippen LogP contribution is -1.83. The van der Waals surface area contributed by atoms with Gasteiger partial charge in [0.25, 0.3) is 0 Å². The van der Waals surface area contributed by atoms with Crippen molar-refractivity contribution in [3.63, 3.8) is 0 Å². The van der Waals surface area contributed by atoms with Gasteiger partial charge in [-0.05, 0) is 18.1 Å². The van der Waals surface area contributed by atoms with Gasteiger partial charge in [-0.1, -0.05) is 43.4 Å². The molecule has 0 N–H and O–H groups in total. The average Bonchev–Trinajstić information content (AvgIpc) is 2.46. The van der Waals surface area contributed by atoms with Gasteiger partial charge in [0.2, 0.25) is 0 Å². The number of nitrogens with zero attached hydrogens (tertiary/aromatic N) is 1. The van der Waals surface area contributed by atoms with E-state index in [4.69, 9.17) is 11.8 Å². The summed E-state index contributed by atoms with van der Waals surface area (Å²) in [7, 11) is 0. The van der Waals surface area contributed by atoms with Gasteiger partial charge in [0.15, 0.2) is 0 Å². The second-order valence-corrected chi connectivity index (χ2v) is 4.51. The summed E-state index contributed by atoms with van der Waals surface area (Å²) in [6.45, 7) is 2.17. The van der Waals surface area contributed by atoms with Gasteiger partial charge in [0.05, 0.1) is 11.2 Å². The molecule has 0 bridgehead atoms. The van der Waals surface area contributed by atoms with Crippen molar-refractivity contribution in [1.82, 2.24) is 4.09 Å². The Balaban J connectivity index is 2.40. The van der Waals surface area contributed by atoms with Crippen LogP contribution in [0.2, 0.25) is 0 Å². The molecular weight excluding hydrogens is 218 g/mol. The number of allylic oxidation sites excluding steroid dienone is 2. The molecule has 16 heavy (non-hydrogen) atoms. The lowest BCUT2D eigenvalue weighted by atomic mass is 10.1. The van der Waals surface area contributed by atoms with Crippen molar-refractivity contribution >= 4 is 34.8 Å². The highest BCUT2D eigenvalue weighted by molar-refractivity contribution is 6.21. The summed E-state index contributed by atoms with van der Waals surface area (Å²) >= 11 is 6.33. The van der Waals surface area contributed by atoms with Crippen LogP contribution >= 0.6 is 11.8 Å². The van der Waals surface area contributed by atoms with E-state index in [0.29, 0.717) is 5.92 Å². The Bertz CT molecular complexity index is 604. The third-order valence-electron chi connectivity index (χ3n) is 3.02. The first-order valence-corrected chi connectivity index (χ1v) is 5.77. The second kappa shape index (κ2) is 3.53. The van der Waals surface area contributed by atoms with E-state index in [0.717, 1.165) is 11.2 Å². The number of rotatable bonds is 0. The molecule has 1 aromatic heterocycles. The number of hydrogen-bond acceptors (Lipinski definition) is 0. The van der Waals surface area contributed by atoms with E-state index in [-0.39, 0.29) is 0 Å². The van der Waals surface area contributed by atoms with Crippen molar-refractivity contribution in [2.45, 2.75) is 6.92 Å². The highest BCUT2D eigenvalue weighted by Crippen LogP contribution is 2.31. The van der Waals surface area contributed by atoms with Crippen molar-refractivity contribution in [2.24, 2.45) is 5.92 Å². The smallest absolute Gasteiger partial charge is 0.0660 e. The van der Waals surface area contributed by atoms with Gasteiger partial charge >= 0.3 is 0 Å². The molecule has 1 aliphatic rings. The molecule has 3 rings (SSSR count). The molecule has 0 saturated carbocycles. The molecule has 2 heteroatoms. The first-order chi connectivity index (χ1) is 7.77. The Hall–Kier alpha value is -1.47. The molecule has 0 amide bonds. The van der Waals surface area contributed by atoms with Gasteiger partial charge in [-0.25, -0.2) is 0 Å². The normalized spacial score (nSPS) is 18.8. The molecule has 1 aromatic carbocycles. The summed E-state index contributed by atoms with van der Waals surface area (Å²) in [5.74, 6) is 0.461. The minimum Gasteiger partial charge on any atom is -0.252 e. The monoisotopic (exact) mass is 229 g/mol. The SMILES string of the molecule is CC1C=Cc2c(n(Cl)c3ccccc23)C=C1. The largest absolute Gasteiger partial charge is 0.252 e. The van der Waals surface area contributed by atoms with Gasteiger partial charge in [-0.2, -0.15) is 0 Å². The molecule has 1 nitrogen and oxygen atoms in total. The summed E-state index contributed by atoms with van der Waals surface area (Å²) < 4.78 is 1.74. The van der Waals surface area contributed by atoms with Gasteiger partial charge in [0, 0.05) is 22.7 Å². The Labute approximate surface area is 99.8 Å². The van der Waals surface area contributed by atoms with Crippen LogP contribution in [0.3, 0.4) is 0 Å². The van der Waals surface area contributed by atoms with E-state index in [1.165, 1.54) is 10.9 Å². The van der Waals surface area contributed by atoms with Gasteiger partial charge in [-0.15, -0.1) is 0 Å². The Morgan fingerprint density at radius 2 is 1.88 bits per heavy atom. The molecule has 0 spiro atoms. The molecule has 1 heterocycles. The highest BCUT2D eigenvalue weighted by Gasteiger charge is 2.13. The number of aromatic nitrogens is 1. The average molecular weight is 230 g/mol. The van der Waals surface area contributed by atoms with Crippen LogP contribution in [0.1, 0.15) is 18.2 Å². The van der Waals surface area contributed by atoms with Crippen LogP contribution in [0, 0.1) is 5.92 Å². The van der Waals surface area contributed by atoms with Crippen LogP contribution in [0.4, 0.5) is 0 Å². The third-order valence-corrected chi connectivity index (χ3v) is 3.38. The maximum absolute atomic E-state index is 6.33. The highest BCUT2D eigenvalue weighted by atomic mass is 35.5. The van der Waals surface area contributed by atoms with Crippen LogP contribution < -0.4 is 0 Å². The predicted octanol–water partition coefficient (Wildman–Crippen LogP) is 4.32. The molecule has 1 unspecified atom stereocenters. The number of hydrogen-bond donors (Lipinski definition) is 0. The number of para-hydroxylation sites is 1. The summed E-state index contributed by atoms with van der Waals surface area (Å²) in [6.07, 6.45) is 8.64. The van der Waals surface area contributed by atoms with Crippen LogP contribution in [-0.2, 0) is 0 Å². The summed E-state index contributed by atoms with van der Waals surface area (Å²) in [5.41, 5.74) is 3.35. The van der Waals surface area contributed by atoms with Crippen molar-refractivity contribution in [3.05, 3.63) is 47.7 Å². The first-order valence-electron chi connectivity index (χ1n) is 5.43. The molecule has 80 valence electrons. The van der Waals surface area contributed by atoms with Gasteiger partial charge in [0.1, 0.15) is 0 Å². The molecule has 2 aromatic rings.